The summed E-state index contributed by atoms with van der Waals surface area (Å²) in [4.78, 5) is 26.0. The number of carbonyl (C=O) groups is 2. The van der Waals surface area contributed by atoms with Crippen molar-refractivity contribution in [2.45, 2.75) is 39.2 Å². The van der Waals surface area contributed by atoms with Gasteiger partial charge in [-0.05, 0) is 37.3 Å². The van der Waals surface area contributed by atoms with E-state index in [4.69, 9.17) is 0 Å². The van der Waals surface area contributed by atoms with Crippen LogP contribution in [-0.2, 0) is 0 Å². The predicted octanol–water partition coefficient (Wildman–Crippen LogP) is 2.64. The second kappa shape index (κ2) is 8.56. The molecule has 0 radical (unpaired) electrons. The number of hydrogen-bond donors (Lipinski definition) is 2. The lowest BCUT2D eigenvalue weighted by molar-refractivity contribution is 0.0918. The molecule has 0 spiro atoms. The predicted molar refractivity (Wildman–Crippen MR) is 91.4 cm³/mol. The highest BCUT2D eigenvalue weighted by atomic mass is 16.2. The van der Waals surface area contributed by atoms with Gasteiger partial charge in [0, 0.05) is 31.2 Å². The van der Waals surface area contributed by atoms with Crippen molar-refractivity contribution >= 4 is 11.9 Å². The number of urea groups is 1. The molecule has 2 N–H and O–H groups in total. The van der Waals surface area contributed by atoms with E-state index in [2.05, 4.69) is 24.5 Å². The van der Waals surface area contributed by atoms with Crippen molar-refractivity contribution < 1.29 is 9.59 Å². The maximum atomic E-state index is 12.1. The molecule has 5 heteroatoms. The SMILES string of the molecule is CC(C)CCNC(=O)N1CCC(NC(=O)c2ccccc2)CC1. The fourth-order valence-corrected chi connectivity index (χ4v) is 2.66. The van der Waals surface area contributed by atoms with E-state index in [-0.39, 0.29) is 18.0 Å². The van der Waals surface area contributed by atoms with Crippen LogP contribution in [-0.4, -0.2) is 42.5 Å². The Labute approximate surface area is 138 Å². The topological polar surface area (TPSA) is 61.4 Å². The Hall–Kier alpha value is -2.04. The highest BCUT2D eigenvalue weighted by Gasteiger charge is 2.23. The van der Waals surface area contributed by atoms with Crippen LogP contribution < -0.4 is 10.6 Å². The maximum Gasteiger partial charge on any atom is 0.317 e. The zero-order valence-corrected chi connectivity index (χ0v) is 14.0. The monoisotopic (exact) mass is 317 g/mol. The summed E-state index contributed by atoms with van der Waals surface area (Å²) >= 11 is 0. The van der Waals surface area contributed by atoms with Crippen LogP contribution in [0, 0.1) is 5.92 Å². The second-order valence-electron chi connectivity index (χ2n) is 6.52. The summed E-state index contributed by atoms with van der Waals surface area (Å²) in [5.41, 5.74) is 0.682. The first kappa shape index (κ1) is 17.3. The Morgan fingerprint density at radius 2 is 1.83 bits per heavy atom. The van der Waals surface area contributed by atoms with Crippen LogP contribution in [0.4, 0.5) is 4.79 Å². The number of rotatable bonds is 5. The first-order chi connectivity index (χ1) is 11.1. The summed E-state index contributed by atoms with van der Waals surface area (Å²) in [5, 5.41) is 6.02. The summed E-state index contributed by atoms with van der Waals surface area (Å²) in [5.74, 6) is 0.555. The molecule has 1 aliphatic heterocycles. The van der Waals surface area contributed by atoms with Gasteiger partial charge in [0.1, 0.15) is 0 Å². The summed E-state index contributed by atoms with van der Waals surface area (Å²) in [6.45, 7) is 6.39. The van der Waals surface area contributed by atoms with Gasteiger partial charge in [-0.2, -0.15) is 0 Å². The van der Waals surface area contributed by atoms with Crippen molar-refractivity contribution in [3.63, 3.8) is 0 Å². The smallest absolute Gasteiger partial charge is 0.317 e. The minimum Gasteiger partial charge on any atom is -0.349 e. The van der Waals surface area contributed by atoms with Gasteiger partial charge in [-0.1, -0.05) is 32.0 Å². The molecule has 2 rings (SSSR count). The molecule has 0 saturated carbocycles. The fourth-order valence-electron chi connectivity index (χ4n) is 2.66. The number of amides is 3. The molecule has 1 aromatic carbocycles. The fraction of sp³-hybridized carbons (Fsp3) is 0.556. The van der Waals surface area contributed by atoms with E-state index in [0.717, 1.165) is 25.8 Å². The van der Waals surface area contributed by atoms with E-state index < -0.39 is 0 Å². The van der Waals surface area contributed by atoms with E-state index in [1.807, 2.05) is 35.2 Å². The van der Waals surface area contributed by atoms with Gasteiger partial charge in [0.05, 0.1) is 0 Å². The molecule has 1 aliphatic rings. The number of likely N-dealkylation sites (tertiary alicyclic amines) is 1. The van der Waals surface area contributed by atoms with Gasteiger partial charge >= 0.3 is 6.03 Å². The van der Waals surface area contributed by atoms with Crippen molar-refractivity contribution in [2.24, 2.45) is 5.92 Å². The number of hydrogen-bond acceptors (Lipinski definition) is 2. The van der Waals surface area contributed by atoms with Crippen LogP contribution in [0.15, 0.2) is 30.3 Å². The van der Waals surface area contributed by atoms with Gasteiger partial charge < -0.3 is 15.5 Å². The number of nitrogens with zero attached hydrogens (tertiary/aromatic N) is 1. The molecular formula is C18H27N3O2. The lowest BCUT2D eigenvalue weighted by atomic mass is 10.0. The standard InChI is InChI=1S/C18H27N3O2/c1-14(2)8-11-19-18(23)21-12-9-16(10-13-21)20-17(22)15-6-4-3-5-7-15/h3-7,14,16H,8-13H2,1-2H3,(H,19,23)(H,20,22). The Bertz CT molecular complexity index is 508. The quantitative estimate of drug-likeness (QED) is 0.877. The Morgan fingerprint density at radius 1 is 1.17 bits per heavy atom. The van der Waals surface area contributed by atoms with Gasteiger partial charge in [0.2, 0.25) is 0 Å². The molecule has 1 fully saturated rings. The second-order valence-corrected chi connectivity index (χ2v) is 6.52. The molecule has 0 bridgehead atoms. The van der Waals surface area contributed by atoms with E-state index in [9.17, 15) is 9.59 Å². The third-order valence-corrected chi connectivity index (χ3v) is 4.15. The average Bonchev–Trinajstić information content (AvgIpc) is 2.56. The highest BCUT2D eigenvalue weighted by Crippen LogP contribution is 2.11. The Kier molecular flexibility index (Phi) is 6.44. The van der Waals surface area contributed by atoms with Crippen molar-refractivity contribution in [1.82, 2.24) is 15.5 Å². The largest absolute Gasteiger partial charge is 0.349 e. The van der Waals surface area contributed by atoms with Crippen LogP contribution in [0.5, 0.6) is 0 Å². The average molecular weight is 317 g/mol. The molecule has 1 saturated heterocycles. The van der Waals surface area contributed by atoms with Gasteiger partial charge in [0.15, 0.2) is 0 Å². The van der Waals surface area contributed by atoms with Crippen molar-refractivity contribution in [2.75, 3.05) is 19.6 Å². The lowest BCUT2D eigenvalue weighted by Gasteiger charge is -2.32. The zero-order valence-electron chi connectivity index (χ0n) is 14.0. The zero-order chi connectivity index (χ0) is 16.7. The van der Waals surface area contributed by atoms with Crippen LogP contribution in [0.2, 0.25) is 0 Å². The van der Waals surface area contributed by atoms with Gasteiger partial charge in [-0.25, -0.2) is 4.79 Å². The van der Waals surface area contributed by atoms with Crippen LogP contribution >= 0.6 is 0 Å². The van der Waals surface area contributed by atoms with Crippen LogP contribution in [0.3, 0.4) is 0 Å². The minimum atomic E-state index is -0.0366. The summed E-state index contributed by atoms with van der Waals surface area (Å²) in [6, 6.07) is 9.39. The third-order valence-electron chi connectivity index (χ3n) is 4.15. The minimum absolute atomic E-state index is 0.0125. The summed E-state index contributed by atoms with van der Waals surface area (Å²) in [6.07, 6.45) is 2.60. The maximum absolute atomic E-state index is 12.1. The van der Waals surface area contributed by atoms with E-state index >= 15 is 0 Å². The van der Waals surface area contributed by atoms with Gasteiger partial charge in [-0.3, -0.25) is 4.79 Å². The van der Waals surface area contributed by atoms with Crippen molar-refractivity contribution in [3.8, 4) is 0 Å². The normalized spacial score (nSPS) is 15.5. The molecule has 0 aliphatic carbocycles. The number of nitrogens with one attached hydrogen (secondary N) is 2. The Morgan fingerprint density at radius 3 is 2.43 bits per heavy atom. The van der Waals surface area contributed by atoms with Gasteiger partial charge in [0.25, 0.3) is 5.91 Å². The molecule has 3 amide bonds. The van der Waals surface area contributed by atoms with E-state index in [0.29, 0.717) is 24.6 Å². The molecule has 0 unspecified atom stereocenters. The summed E-state index contributed by atoms with van der Waals surface area (Å²) < 4.78 is 0. The lowest BCUT2D eigenvalue weighted by Crippen LogP contribution is -2.49. The van der Waals surface area contributed by atoms with E-state index in [1.165, 1.54) is 0 Å². The van der Waals surface area contributed by atoms with Crippen molar-refractivity contribution in [3.05, 3.63) is 35.9 Å². The van der Waals surface area contributed by atoms with Crippen LogP contribution in [0.25, 0.3) is 0 Å². The molecule has 1 aromatic rings. The molecule has 0 atom stereocenters. The molecule has 5 nitrogen and oxygen atoms in total. The Balaban J connectivity index is 1.71. The van der Waals surface area contributed by atoms with Crippen LogP contribution in [0.1, 0.15) is 43.5 Å². The van der Waals surface area contributed by atoms with Gasteiger partial charge in [-0.15, -0.1) is 0 Å². The first-order valence-electron chi connectivity index (χ1n) is 8.45. The third kappa shape index (κ3) is 5.58. The van der Waals surface area contributed by atoms with Crippen molar-refractivity contribution in [1.29, 1.82) is 0 Å². The summed E-state index contributed by atoms with van der Waals surface area (Å²) in [7, 11) is 0. The first-order valence-corrected chi connectivity index (χ1v) is 8.45. The molecule has 1 heterocycles. The number of benzene rings is 1. The molecule has 23 heavy (non-hydrogen) atoms. The van der Waals surface area contributed by atoms with E-state index in [1.54, 1.807) is 0 Å². The highest BCUT2D eigenvalue weighted by molar-refractivity contribution is 5.94. The number of piperidine rings is 1. The number of carbonyl (C=O) groups excluding carboxylic acids is 2. The molecule has 0 aromatic heterocycles. The molecule has 126 valence electrons. The molecular weight excluding hydrogens is 290 g/mol.